The van der Waals surface area contributed by atoms with Crippen molar-refractivity contribution in [3.63, 3.8) is 0 Å². The molecule has 3 heteroatoms. The number of hydrogen-bond acceptors (Lipinski definition) is 2. The quantitative estimate of drug-likeness (QED) is 0.312. The van der Waals surface area contributed by atoms with Crippen molar-refractivity contribution >= 4 is 29.1 Å². The van der Waals surface area contributed by atoms with Crippen molar-refractivity contribution < 1.29 is 0 Å². The number of para-hydroxylation sites is 1. The van der Waals surface area contributed by atoms with Crippen LogP contribution in [0.2, 0.25) is 0 Å². The summed E-state index contributed by atoms with van der Waals surface area (Å²) in [5, 5.41) is 0. The van der Waals surface area contributed by atoms with E-state index in [4.69, 9.17) is 0 Å². The Kier molecular flexibility index (Phi) is 5.29. The lowest BCUT2D eigenvalue weighted by Crippen LogP contribution is -2.47. The van der Waals surface area contributed by atoms with Gasteiger partial charge in [-0.1, -0.05) is 115 Å². The first-order valence-corrected chi connectivity index (χ1v) is 11.6. The molecule has 2 nitrogen and oxygen atoms in total. The molecule has 0 saturated heterocycles. The van der Waals surface area contributed by atoms with E-state index in [1.54, 1.807) is 0 Å². The van der Waals surface area contributed by atoms with Crippen molar-refractivity contribution in [2.45, 2.75) is 0 Å². The van der Waals surface area contributed by atoms with Gasteiger partial charge in [0.25, 0.3) is 0 Å². The minimum absolute atomic E-state index is 0.114. The molecule has 6 rings (SSSR count). The van der Waals surface area contributed by atoms with Gasteiger partial charge in [-0.15, -0.1) is 0 Å². The topological polar surface area (TPSA) is 16.1 Å². The summed E-state index contributed by atoms with van der Waals surface area (Å²) >= 11 is 0. The number of benzene rings is 4. The molecule has 0 spiro atoms. The summed E-state index contributed by atoms with van der Waals surface area (Å²) in [6.07, 6.45) is 4.02. The fraction of sp³-hybridized carbons (Fsp3) is 0. The molecule has 0 radical (unpaired) electrons. The molecule has 2 heterocycles. The van der Waals surface area contributed by atoms with E-state index in [0.717, 1.165) is 11.5 Å². The maximum atomic E-state index is 4.60. The fourth-order valence-electron chi connectivity index (χ4n) is 4.91. The molecule has 0 aliphatic carbocycles. The van der Waals surface area contributed by atoms with E-state index in [9.17, 15) is 0 Å². The molecule has 0 saturated carbocycles. The number of hydrogen-bond donors (Lipinski definition) is 0. The van der Waals surface area contributed by atoms with E-state index in [2.05, 4.69) is 131 Å². The molecule has 0 bridgehead atoms. The second kappa shape index (κ2) is 8.88. The standard InChI is InChI=1S/C31H23BN2/c1-3-12-24(13-4-1)26-16-11-17-27(25-14-5-2-6-15-25)31(26)32-21-23-34(30-20-9-10-22-33-30)29-19-8-7-18-28(29)32/h1-23H. The SMILES string of the molecule is C1=CN(c2ccccn2)c2ccccc2B1c1c(-c2ccccc2)cccc1-c1ccccc1. The number of rotatable bonds is 4. The van der Waals surface area contributed by atoms with E-state index >= 15 is 0 Å². The third-order valence-corrected chi connectivity index (χ3v) is 6.44. The van der Waals surface area contributed by atoms with Gasteiger partial charge in [0.05, 0.1) is 0 Å². The summed E-state index contributed by atoms with van der Waals surface area (Å²) < 4.78 is 0. The van der Waals surface area contributed by atoms with Crippen molar-refractivity contribution in [3.8, 4) is 22.3 Å². The van der Waals surface area contributed by atoms with E-state index in [-0.39, 0.29) is 6.71 Å². The van der Waals surface area contributed by atoms with Gasteiger partial charge in [0.1, 0.15) is 5.82 Å². The maximum absolute atomic E-state index is 4.60. The van der Waals surface area contributed by atoms with Crippen LogP contribution in [0.1, 0.15) is 0 Å². The Morgan fingerprint density at radius 2 is 1.18 bits per heavy atom. The van der Waals surface area contributed by atoms with Crippen molar-refractivity contribution in [2.24, 2.45) is 0 Å². The lowest BCUT2D eigenvalue weighted by Gasteiger charge is -2.31. The number of anilines is 2. The molecule has 0 amide bonds. The zero-order valence-corrected chi connectivity index (χ0v) is 18.8. The summed E-state index contributed by atoms with van der Waals surface area (Å²) in [4.78, 5) is 6.78. The van der Waals surface area contributed by atoms with Crippen LogP contribution in [0, 0.1) is 0 Å². The highest BCUT2D eigenvalue weighted by atomic mass is 15.2. The summed E-state index contributed by atoms with van der Waals surface area (Å²) in [7, 11) is 0. The highest BCUT2D eigenvalue weighted by Crippen LogP contribution is 2.30. The first-order valence-electron chi connectivity index (χ1n) is 11.6. The Hall–Kier alpha value is -4.37. The molecule has 0 unspecified atom stereocenters. The Morgan fingerprint density at radius 3 is 1.82 bits per heavy atom. The van der Waals surface area contributed by atoms with Crippen LogP contribution >= 0.6 is 0 Å². The van der Waals surface area contributed by atoms with Crippen molar-refractivity contribution in [1.29, 1.82) is 0 Å². The molecule has 1 aliphatic rings. The Labute approximate surface area is 200 Å². The number of nitrogens with zero attached hydrogens (tertiary/aromatic N) is 2. The zero-order valence-electron chi connectivity index (χ0n) is 18.8. The number of aromatic nitrogens is 1. The number of fused-ring (bicyclic) bond motifs is 1. The lowest BCUT2D eigenvalue weighted by atomic mass is 9.37. The molecule has 0 fully saturated rings. The maximum Gasteiger partial charge on any atom is 0.239 e. The summed E-state index contributed by atoms with van der Waals surface area (Å²) in [5.41, 5.74) is 8.74. The van der Waals surface area contributed by atoms with Gasteiger partial charge in [-0.2, -0.15) is 0 Å². The summed E-state index contributed by atoms with van der Waals surface area (Å²) in [6, 6.07) is 42.8. The second-order valence-electron chi connectivity index (χ2n) is 8.43. The van der Waals surface area contributed by atoms with Gasteiger partial charge >= 0.3 is 0 Å². The minimum atomic E-state index is 0.114. The van der Waals surface area contributed by atoms with E-state index in [1.165, 1.54) is 33.2 Å². The van der Waals surface area contributed by atoms with Crippen molar-refractivity contribution in [3.05, 3.63) is 140 Å². The van der Waals surface area contributed by atoms with Crippen LogP contribution in [0.4, 0.5) is 11.5 Å². The Bertz CT molecular complexity index is 1390. The molecule has 5 aromatic rings. The molecule has 4 aromatic carbocycles. The van der Waals surface area contributed by atoms with Gasteiger partial charge in [-0.05, 0) is 52.1 Å². The van der Waals surface area contributed by atoms with Crippen LogP contribution < -0.4 is 15.8 Å². The van der Waals surface area contributed by atoms with Gasteiger partial charge < -0.3 is 4.90 Å². The first-order chi connectivity index (χ1) is 16.9. The van der Waals surface area contributed by atoms with Crippen LogP contribution in [0.5, 0.6) is 0 Å². The molecular weight excluding hydrogens is 411 g/mol. The van der Waals surface area contributed by atoms with Crippen LogP contribution in [0.25, 0.3) is 22.3 Å². The molecule has 160 valence electrons. The second-order valence-corrected chi connectivity index (χ2v) is 8.43. The third-order valence-electron chi connectivity index (χ3n) is 6.44. The molecule has 0 atom stereocenters. The molecule has 1 aliphatic heterocycles. The minimum Gasteiger partial charge on any atom is -0.303 e. The highest BCUT2D eigenvalue weighted by molar-refractivity contribution is 6.92. The summed E-state index contributed by atoms with van der Waals surface area (Å²) in [6.45, 7) is 0.114. The lowest BCUT2D eigenvalue weighted by molar-refractivity contribution is 1.18. The van der Waals surface area contributed by atoms with Gasteiger partial charge in [0, 0.05) is 11.9 Å². The van der Waals surface area contributed by atoms with Crippen molar-refractivity contribution in [2.75, 3.05) is 4.90 Å². The van der Waals surface area contributed by atoms with Crippen LogP contribution in [0.15, 0.2) is 140 Å². The molecular formula is C31H23BN2. The summed E-state index contributed by atoms with van der Waals surface area (Å²) in [5.74, 6) is 3.23. The molecule has 0 N–H and O–H groups in total. The average molecular weight is 434 g/mol. The molecule has 34 heavy (non-hydrogen) atoms. The van der Waals surface area contributed by atoms with Gasteiger partial charge in [-0.25, -0.2) is 4.98 Å². The van der Waals surface area contributed by atoms with E-state index in [1.807, 2.05) is 18.3 Å². The predicted molar refractivity (Wildman–Crippen MR) is 144 cm³/mol. The van der Waals surface area contributed by atoms with Crippen molar-refractivity contribution in [1.82, 2.24) is 4.98 Å². The Morgan fingerprint density at radius 1 is 0.559 bits per heavy atom. The normalized spacial score (nSPS) is 12.5. The van der Waals surface area contributed by atoms with Crippen LogP contribution in [0.3, 0.4) is 0 Å². The van der Waals surface area contributed by atoms with E-state index < -0.39 is 0 Å². The molecule has 1 aromatic heterocycles. The highest BCUT2D eigenvalue weighted by Gasteiger charge is 2.30. The third kappa shape index (κ3) is 3.62. The fourth-order valence-corrected chi connectivity index (χ4v) is 4.91. The largest absolute Gasteiger partial charge is 0.303 e. The zero-order chi connectivity index (χ0) is 22.7. The average Bonchev–Trinajstić information content (AvgIpc) is 2.93. The van der Waals surface area contributed by atoms with E-state index in [0.29, 0.717) is 0 Å². The van der Waals surface area contributed by atoms with Crippen LogP contribution in [-0.2, 0) is 0 Å². The predicted octanol–water partition coefficient (Wildman–Crippen LogP) is 6.23. The van der Waals surface area contributed by atoms with Crippen LogP contribution in [-0.4, -0.2) is 11.7 Å². The van der Waals surface area contributed by atoms with Gasteiger partial charge in [-0.3, -0.25) is 0 Å². The first kappa shape index (κ1) is 20.3. The van der Waals surface area contributed by atoms with Gasteiger partial charge in [0.2, 0.25) is 6.71 Å². The number of pyridine rings is 1. The van der Waals surface area contributed by atoms with Gasteiger partial charge in [0.15, 0.2) is 0 Å². The monoisotopic (exact) mass is 434 g/mol. The Balaban J connectivity index is 1.59. The smallest absolute Gasteiger partial charge is 0.239 e.